The van der Waals surface area contributed by atoms with Crippen molar-refractivity contribution in [3.8, 4) is 28.5 Å². The highest BCUT2D eigenvalue weighted by Gasteiger charge is 2.48. The molecule has 14 nitrogen and oxygen atoms in total. The molecule has 5 fully saturated rings. The van der Waals surface area contributed by atoms with E-state index in [1.165, 1.54) is 13.4 Å². The van der Waals surface area contributed by atoms with Gasteiger partial charge in [0.2, 0.25) is 11.7 Å². The first kappa shape index (κ1) is 34.7. The Labute approximate surface area is 323 Å². The van der Waals surface area contributed by atoms with Crippen LogP contribution < -0.4 is 30.3 Å². The third-order valence-electron chi connectivity index (χ3n) is 12.5. The Balaban J connectivity index is 0.740. The number of anilines is 3. The zero-order valence-corrected chi connectivity index (χ0v) is 31.1. The molecule has 1 aliphatic carbocycles. The van der Waals surface area contributed by atoms with E-state index >= 15 is 0 Å². The fourth-order valence-corrected chi connectivity index (χ4v) is 9.36. The van der Waals surface area contributed by atoms with Crippen LogP contribution in [0.15, 0.2) is 73.1 Å². The highest BCUT2D eigenvalue weighted by molar-refractivity contribution is 6.05. The van der Waals surface area contributed by atoms with E-state index in [1.54, 1.807) is 35.2 Å². The van der Waals surface area contributed by atoms with Gasteiger partial charge >= 0.3 is 6.03 Å². The van der Waals surface area contributed by atoms with Crippen molar-refractivity contribution in [3.05, 3.63) is 78.9 Å². The summed E-state index contributed by atoms with van der Waals surface area (Å²) in [6.07, 6.45) is 3.93. The Morgan fingerprint density at radius 3 is 2.20 bits per heavy atom. The third-order valence-corrected chi connectivity index (χ3v) is 12.5. The van der Waals surface area contributed by atoms with Crippen molar-refractivity contribution < 1.29 is 23.5 Å². The molecular formula is C41H43FN10O4. The maximum absolute atomic E-state index is 14.7. The number of hydrogen-bond donors (Lipinski definition) is 2. The molecule has 6 heterocycles. The van der Waals surface area contributed by atoms with Gasteiger partial charge < -0.3 is 20.1 Å². The molecule has 1 saturated carbocycles. The van der Waals surface area contributed by atoms with Gasteiger partial charge in [-0.25, -0.2) is 19.4 Å². The number of amides is 3. The molecule has 5 aliphatic rings. The van der Waals surface area contributed by atoms with Crippen molar-refractivity contribution in [1.82, 2.24) is 34.9 Å². The Kier molecular flexibility index (Phi) is 8.51. The second-order valence-electron chi connectivity index (χ2n) is 15.7. The number of fused-ring (bicyclic) bond motifs is 2. The zero-order chi connectivity index (χ0) is 38.1. The van der Waals surface area contributed by atoms with Gasteiger partial charge in [-0.05, 0) is 85.3 Å². The van der Waals surface area contributed by atoms with E-state index in [0.717, 1.165) is 85.8 Å². The first-order valence-electron chi connectivity index (χ1n) is 19.3. The molecule has 2 unspecified atom stereocenters. The van der Waals surface area contributed by atoms with Crippen molar-refractivity contribution >= 4 is 40.2 Å². The Morgan fingerprint density at radius 1 is 0.804 bits per heavy atom. The summed E-state index contributed by atoms with van der Waals surface area (Å²) in [5.41, 5.74) is 10.7. The molecule has 56 heavy (non-hydrogen) atoms. The molecule has 2 aromatic heterocycles. The minimum absolute atomic E-state index is 0.0857. The number of aromatic nitrogens is 4. The minimum atomic E-state index is -0.553. The molecule has 15 heteroatoms. The summed E-state index contributed by atoms with van der Waals surface area (Å²) >= 11 is 0. The summed E-state index contributed by atoms with van der Waals surface area (Å²) in [6, 6.07) is 21.3. The molecule has 288 valence electrons. The van der Waals surface area contributed by atoms with Crippen LogP contribution in [0.5, 0.6) is 17.2 Å². The van der Waals surface area contributed by atoms with Crippen LogP contribution in [0.2, 0.25) is 0 Å². The highest BCUT2D eigenvalue weighted by Crippen LogP contribution is 2.47. The van der Waals surface area contributed by atoms with Gasteiger partial charge in [-0.15, -0.1) is 0 Å². The van der Waals surface area contributed by atoms with Crippen LogP contribution in [0.4, 0.5) is 26.4 Å². The second kappa shape index (κ2) is 13.7. The van der Waals surface area contributed by atoms with Gasteiger partial charge in [-0.3, -0.25) is 24.8 Å². The number of hydrogen-bond acceptors (Lipinski definition) is 11. The number of carbonyl (C=O) groups is 2. The first-order chi connectivity index (χ1) is 27.3. The van der Waals surface area contributed by atoms with Crippen LogP contribution in [0, 0.1) is 17.7 Å². The van der Waals surface area contributed by atoms with E-state index in [4.69, 9.17) is 20.3 Å². The van der Waals surface area contributed by atoms with E-state index in [1.807, 2.05) is 24.3 Å². The van der Waals surface area contributed by atoms with Crippen LogP contribution in [0.3, 0.4) is 0 Å². The Morgan fingerprint density at radius 2 is 1.48 bits per heavy atom. The second-order valence-corrected chi connectivity index (χ2v) is 15.7. The summed E-state index contributed by atoms with van der Waals surface area (Å²) in [7, 11) is 1.42. The van der Waals surface area contributed by atoms with Gasteiger partial charge in [-0.2, -0.15) is 9.49 Å². The summed E-state index contributed by atoms with van der Waals surface area (Å²) in [5.74, 6) is 1.54. The fraction of sp³-hybridized carbons (Fsp3) is 0.390. The van der Waals surface area contributed by atoms with Gasteiger partial charge in [-0.1, -0.05) is 6.07 Å². The molecule has 4 aliphatic heterocycles. The van der Waals surface area contributed by atoms with Gasteiger partial charge in [0.15, 0.2) is 17.1 Å². The van der Waals surface area contributed by atoms with Crippen molar-refractivity contribution in [2.24, 2.45) is 11.8 Å². The average molecular weight is 759 g/mol. The van der Waals surface area contributed by atoms with E-state index in [0.29, 0.717) is 48.5 Å². The first-order valence-corrected chi connectivity index (χ1v) is 19.3. The Hall–Kier alpha value is -5.80. The van der Waals surface area contributed by atoms with E-state index in [9.17, 15) is 14.0 Å². The predicted molar refractivity (Wildman–Crippen MR) is 208 cm³/mol. The number of nitrogen functional groups attached to an aromatic ring is 1. The maximum atomic E-state index is 14.7. The number of ether oxygens (including phenoxy) is 2. The average Bonchev–Trinajstić information content (AvgIpc) is 3.86. The molecule has 3 aromatic carbocycles. The number of methoxy groups -OCH3 is 1. The summed E-state index contributed by atoms with van der Waals surface area (Å²) in [4.78, 5) is 42.0. The van der Waals surface area contributed by atoms with E-state index in [-0.39, 0.29) is 29.5 Å². The van der Waals surface area contributed by atoms with Gasteiger partial charge in [0, 0.05) is 81.3 Å². The number of rotatable bonds is 9. The number of nitrogens with zero attached hydrogens (tertiary/aromatic N) is 8. The van der Waals surface area contributed by atoms with Gasteiger partial charge in [0.25, 0.3) is 0 Å². The van der Waals surface area contributed by atoms with Crippen LogP contribution in [-0.2, 0) is 4.79 Å². The largest absolute Gasteiger partial charge is 0.494 e. The minimum Gasteiger partial charge on any atom is -0.494 e. The van der Waals surface area contributed by atoms with Crippen LogP contribution in [0.25, 0.3) is 22.3 Å². The quantitative estimate of drug-likeness (QED) is 0.211. The van der Waals surface area contributed by atoms with Crippen molar-refractivity contribution in [2.45, 2.75) is 37.4 Å². The number of carbonyl (C=O) groups excluding carboxylic acids is 2. The number of nitrogens with two attached hydrogens (primary N) is 1. The molecule has 3 N–H and O–H groups in total. The molecule has 10 rings (SSSR count). The molecular weight excluding hydrogens is 716 g/mol. The zero-order valence-electron chi connectivity index (χ0n) is 31.1. The summed E-state index contributed by atoms with van der Waals surface area (Å²) < 4.78 is 27.7. The number of imide groups is 1. The van der Waals surface area contributed by atoms with Crippen molar-refractivity contribution in [3.63, 3.8) is 0 Å². The molecule has 2 atom stereocenters. The number of halogens is 1. The molecule has 0 bridgehead atoms. The molecule has 4 saturated heterocycles. The standard InChI is InChI=1S/C41H43FN10O4/c1-55-33-3-2-4-34(37(33)42)56-32-11-5-24(6-12-32)38-36-39(43)44-23-45-40(36)52(47-38)29-15-25-17-48(18-26(25)16-29)30-21-50(22-30)31-19-49(20-31)27-7-9-28(10-8-27)51-14-13-35(53)46-41(51)54/h2-12,23,25-26,29-31H,13-22H2,1H3,(H2,43,44,45)(H,46,53,54). The van der Waals surface area contributed by atoms with Crippen LogP contribution in [0.1, 0.15) is 25.3 Å². The normalized spacial score (nSPS) is 23.3. The number of likely N-dealkylation sites (tertiary alicyclic amines) is 2. The SMILES string of the molecule is COc1cccc(Oc2ccc(-c3nn(C4CC5CN(C6CN(C7CN(c8ccc(N9CCC(=O)NC9=O)cc8)C7)C6)CC5C4)c4ncnc(N)c34)cc2)c1F. The lowest BCUT2D eigenvalue weighted by Crippen LogP contribution is -2.69. The Bertz CT molecular complexity index is 2290. The number of nitrogens with one attached hydrogen (secondary N) is 1. The monoisotopic (exact) mass is 758 g/mol. The van der Waals surface area contributed by atoms with Gasteiger partial charge in [0.1, 0.15) is 23.6 Å². The molecule has 5 aromatic rings. The van der Waals surface area contributed by atoms with Crippen molar-refractivity contribution in [2.75, 3.05) is 68.5 Å². The summed E-state index contributed by atoms with van der Waals surface area (Å²) in [6.45, 7) is 6.88. The topological polar surface area (TPSA) is 147 Å². The number of urea groups is 1. The predicted octanol–water partition coefficient (Wildman–Crippen LogP) is 4.92. The smallest absolute Gasteiger partial charge is 0.328 e. The molecule has 3 amide bonds. The van der Waals surface area contributed by atoms with E-state index < -0.39 is 5.82 Å². The van der Waals surface area contributed by atoms with Crippen LogP contribution in [-0.4, -0.2) is 106 Å². The summed E-state index contributed by atoms with van der Waals surface area (Å²) in [5, 5.41) is 8.26. The van der Waals surface area contributed by atoms with Crippen LogP contribution >= 0.6 is 0 Å². The third kappa shape index (κ3) is 6.05. The fourth-order valence-electron chi connectivity index (χ4n) is 9.36. The maximum Gasteiger partial charge on any atom is 0.328 e. The lowest BCUT2D eigenvalue weighted by molar-refractivity contribution is -0.120. The van der Waals surface area contributed by atoms with Crippen molar-refractivity contribution in [1.29, 1.82) is 0 Å². The van der Waals surface area contributed by atoms with E-state index in [2.05, 4.69) is 46.8 Å². The highest BCUT2D eigenvalue weighted by atomic mass is 19.1. The lowest BCUT2D eigenvalue weighted by atomic mass is 9.98. The van der Waals surface area contributed by atoms with Gasteiger partial charge in [0.05, 0.1) is 18.5 Å². The lowest BCUT2D eigenvalue weighted by Gasteiger charge is -2.54. The number of benzene rings is 3. The molecule has 0 spiro atoms. The molecule has 0 radical (unpaired) electrons.